The van der Waals surface area contributed by atoms with Crippen molar-refractivity contribution in [3.8, 4) is 5.75 Å². The van der Waals surface area contributed by atoms with Crippen molar-refractivity contribution >= 4 is 35.4 Å². The van der Waals surface area contributed by atoms with E-state index in [9.17, 15) is 14.7 Å². The first kappa shape index (κ1) is 23.2. The molecule has 1 saturated heterocycles. The predicted molar refractivity (Wildman–Crippen MR) is 130 cm³/mol. The Kier molecular flexibility index (Phi) is 6.60. The van der Waals surface area contributed by atoms with E-state index in [1.54, 1.807) is 11.1 Å². The number of likely N-dealkylation sites (N-methyl/N-ethyl adjacent to an activating group) is 1. The number of carbonyl (C=O) groups is 2. The van der Waals surface area contributed by atoms with E-state index in [1.807, 2.05) is 36.2 Å². The third-order valence-electron chi connectivity index (χ3n) is 6.69. The molecule has 2 N–H and O–H groups in total. The minimum absolute atomic E-state index is 0.0871. The van der Waals surface area contributed by atoms with Gasteiger partial charge in [-0.25, -0.2) is 9.97 Å². The Labute approximate surface area is 203 Å². The maximum Gasteiger partial charge on any atom is 0.242 e. The van der Waals surface area contributed by atoms with Crippen molar-refractivity contribution < 1.29 is 19.4 Å². The van der Waals surface area contributed by atoms with Gasteiger partial charge in [0.2, 0.25) is 11.8 Å². The van der Waals surface area contributed by atoms with Crippen LogP contribution in [0.25, 0.3) is 0 Å². The number of fused-ring (bicyclic) bond motifs is 8. The Balaban J connectivity index is 1.49. The van der Waals surface area contributed by atoms with Crippen molar-refractivity contribution in [1.29, 1.82) is 0 Å². The second-order valence-corrected chi connectivity index (χ2v) is 8.90. The molecule has 2 amide bonds. The van der Waals surface area contributed by atoms with E-state index < -0.39 is 12.0 Å². The Hall–Kier alpha value is -3.57. The Morgan fingerprint density at radius 1 is 1.11 bits per heavy atom. The van der Waals surface area contributed by atoms with Gasteiger partial charge in [-0.2, -0.15) is 0 Å². The van der Waals surface area contributed by atoms with Crippen LogP contribution < -0.4 is 15.0 Å². The molecule has 184 valence electrons. The van der Waals surface area contributed by atoms with E-state index in [2.05, 4.69) is 25.2 Å². The summed E-state index contributed by atoms with van der Waals surface area (Å²) in [6.45, 7) is 2.94. The zero-order chi connectivity index (χ0) is 24.4. The third kappa shape index (κ3) is 4.69. The summed E-state index contributed by atoms with van der Waals surface area (Å²) in [6, 6.07) is 6.78. The highest BCUT2D eigenvalue weighted by Crippen LogP contribution is 2.37. The van der Waals surface area contributed by atoms with E-state index in [-0.39, 0.29) is 18.4 Å². The van der Waals surface area contributed by atoms with E-state index in [4.69, 9.17) is 4.74 Å². The maximum absolute atomic E-state index is 13.2. The molecule has 0 radical (unpaired) electrons. The minimum atomic E-state index is -0.625. The van der Waals surface area contributed by atoms with Crippen LogP contribution in [0.4, 0.5) is 17.3 Å². The topological polar surface area (TPSA) is 123 Å². The van der Waals surface area contributed by atoms with Crippen molar-refractivity contribution in [3.63, 3.8) is 0 Å². The first-order chi connectivity index (χ1) is 17.0. The van der Waals surface area contributed by atoms with Gasteiger partial charge in [0.1, 0.15) is 35.7 Å². The van der Waals surface area contributed by atoms with Gasteiger partial charge in [-0.15, -0.1) is 0 Å². The Bertz CT molecular complexity index is 1130. The van der Waals surface area contributed by atoms with Crippen molar-refractivity contribution in [2.24, 2.45) is 4.99 Å². The van der Waals surface area contributed by atoms with Crippen LogP contribution in [0.3, 0.4) is 0 Å². The molecule has 0 saturated carbocycles. The number of hydrogen-bond donors (Lipinski definition) is 2. The van der Waals surface area contributed by atoms with Gasteiger partial charge in [0, 0.05) is 45.0 Å². The second-order valence-electron chi connectivity index (χ2n) is 8.90. The molecule has 11 heteroatoms. The van der Waals surface area contributed by atoms with Gasteiger partial charge in [-0.1, -0.05) is 6.07 Å². The number of nitrogens with one attached hydrogen (secondary N) is 1. The number of piperazine rings is 1. The fourth-order valence-electron chi connectivity index (χ4n) is 4.72. The van der Waals surface area contributed by atoms with Crippen molar-refractivity contribution in [1.82, 2.24) is 19.8 Å². The van der Waals surface area contributed by atoms with E-state index in [1.165, 1.54) is 6.33 Å². The third-order valence-corrected chi connectivity index (χ3v) is 6.69. The van der Waals surface area contributed by atoms with Gasteiger partial charge in [0.15, 0.2) is 0 Å². The molecule has 4 bridgehead atoms. The standard InChI is InChI=1S/C24H29N7O4/c1-29-6-3-11-35-17-5-2-4-16(12-17)25-13-18-20-21(28-23(18)33)26-15-27-22(20)30-7-9-31(10-8-30)24(34)19(29)14-32/h2,4-5,12-13,15,18-19,32H,3,6-11,14H2,1H3,(H,26,27,28,33)/t18?,19-/m1/s1. The summed E-state index contributed by atoms with van der Waals surface area (Å²) in [6.07, 6.45) is 3.76. The highest BCUT2D eigenvalue weighted by Gasteiger charge is 2.37. The average Bonchev–Trinajstić information content (AvgIpc) is 3.20. The second kappa shape index (κ2) is 9.96. The summed E-state index contributed by atoms with van der Waals surface area (Å²) < 4.78 is 5.88. The first-order valence-electron chi connectivity index (χ1n) is 11.8. The minimum Gasteiger partial charge on any atom is -0.493 e. The molecular weight excluding hydrogens is 450 g/mol. The van der Waals surface area contributed by atoms with Crippen LogP contribution >= 0.6 is 0 Å². The van der Waals surface area contributed by atoms with Gasteiger partial charge < -0.3 is 25.0 Å². The fraction of sp³-hybridized carbons (Fsp3) is 0.458. The number of anilines is 2. The van der Waals surface area contributed by atoms with Gasteiger partial charge in [0.25, 0.3) is 0 Å². The lowest BCUT2D eigenvalue weighted by molar-refractivity contribution is -0.138. The molecule has 4 aliphatic rings. The van der Waals surface area contributed by atoms with Crippen LogP contribution in [0.2, 0.25) is 0 Å². The van der Waals surface area contributed by atoms with E-state index >= 15 is 0 Å². The number of aromatic nitrogens is 2. The van der Waals surface area contributed by atoms with E-state index in [0.29, 0.717) is 74.4 Å². The molecule has 2 aromatic rings. The van der Waals surface area contributed by atoms with Crippen LogP contribution in [0, 0.1) is 0 Å². The van der Waals surface area contributed by atoms with Crippen LogP contribution in [-0.4, -0.2) is 102 Å². The van der Waals surface area contributed by atoms with Gasteiger partial charge >= 0.3 is 0 Å². The van der Waals surface area contributed by atoms with Gasteiger partial charge in [-0.05, 0) is 25.6 Å². The van der Waals surface area contributed by atoms with Gasteiger partial charge in [-0.3, -0.25) is 19.5 Å². The SMILES string of the molecule is CN1CCCOc2cccc(c2)N=CC2C(=O)Nc3ncnc(c32)N2CCN(CC2)C(=O)[C@H]1CO. The number of carbonyl (C=O) groups excluding carboxylic acids is 2. The number of hydrogen-bond acceptors (Lipinski definition) is 9. The molecule has 35 heavy (non-hydrogen) atoms. The number of aliphatic hydroxyl groups is 1. The lowest BCUT2D eigenvalue weighted by atomic mass is 10.0. The first-order valence-corrected chi connectivity index (χ1v) is 11.8. The Morgan fingerprint density at radius 2 is 1.91 bits per heavy atom. The summed E-state index contributed by atoms with van der Waals surface area (Å²) in [5.74, 6) is 0.913. The molecule has 2 atom stereocenters. The fourth-order valence-corrected chi connectivity index (χ4v) is 4.72. The molecule has 4 aliphatic heterocycles. The number of aliphatic imine (C=N–C) groups is 1. The molecule has 0 spiro atoms. The highest BCUT2D eigenvalue weighted by atomic mass is 16.5. The van der Waals surface area contributed by atoms with Crippen molar-refractivity contribution in [2.75, 3.05) is 63.2 Å². The molecular formula is C24H29N7O4. The molecule has 1 aromatic heterocycles. The molecule has 1 fully saturated rings. The largest absolute Gasteiger partial charge is 0.493 e. The summed E-state index contributed by atoms with van der Waals surface area (Å²) in [5, 5.41) is 12.8. The summed E-state index contributed by atoms with van der Waals surface area (Å²) in [5.41, 5.74) is 1.37. The molecule has 5 heterocycles. The molecule has 1 unspecified atom stereocenters. The number of aliphatic hydroxyl groups excluding tert-OH is 1. The summed E-state index contributed by atoms with van der Waals surface area (Å²) in [7, 11) is 1.85. The smallest absolute Gasteiger partial charge is 0.242 e. The van der Waals surface area contributed by atoms with Crippen molar-refractivity contribution in [2.45, 2.75) is 18.4 Å². The molecule has 0 aliphatic carbocycles. The highest BCUT2D eigenvalue weighted by molar-refractivity contribution is 6.13. The van der Waals surface area contributed by atoms with Gasteiger partial charge in [0.05, 0.1) is 24.5 Å². The molecule has 6 rings (SSSR count). The number of amides is 2. The Morgan fingerprint density at radius 3 is 2.71 bits per heavy atom. The lowest BCUT2D eigenvalue weighted by Crippen LogP contribution is -2.55. The maximum atomic E-state index is 13.2. The molecule has 11 nitrogen and oxygen atoms in total. The van der Waals surface area contributed by atoms with E-state index in [0.717, 1.165) is 0 Å². The number of ether oxygens (including phenoxy) is 1. The summed E-state index contributed by atoms with van der Waals surface area (Å²) >= 11 is 0. The van der Waals surface area contributed by atoms with Crippen LogP contribution in [-0.2, 0) is 9.59 Å². The number of benzene rings is 1. The predicted octanol–water partition coefficient (Wildman–Crippen LogP) is 0.639. The zero-order valence-electron chi connectivity index (χ0n) is 19.6. The van der Waals surface area contributed by atoms with Crippen molar-refractivity contribution in [3.05, 3.63) is 36.2 Å². The number of rotatable bonds is 1. The van der Waals surface area contributed by atoms with Crippen LogP contribution in [0.5, 0.6) is 5.75 Å². The van der Waals surface area contributed by atoms with Crippen LogP contribution in [0.15, 0.2) is 35.6 Å². The quantitative estimate of drug-likeness (QED) is 0.611. The zero-order valence-corrected chi connectivity index (χ0v) is 19.6. The lowest BCUT2D eigenvalue weighted by Gasteiger charge is -2.38. The monoisotopic (exact) mass is 479 g/mol. The molecule has 1 aromatic carbocycles. The van der Waals surface area contributed by atoms with Crippen LogP contribution in [0.1, 0.15) is 17.9 Å². The average molecular weight is 480 g/mol. The summed E-state index contributed by atoms with van der Waals surface area (Å²) in [4.78, 5) is 45.0. The number of nitrogens with zero attached hydrogens (tertiary/aromatic N) is 6. The normalized spacial score (nSPS) is 23.3.